The van der Waals surface area contributed by atoms with Crippen molar-refractivity contribution in [2.75, 3.05) is 0 Å². The lowest BCUT2D eigenvalue weighted by atomic mass is 9.85. The molecule has 0 radical (unpaired) electrons. The first-order chi connectivity index (χ1) is 11.1. The van der Waals surface area contributed by atoms with Gasteiger partial charge in [-0.05, 0) is 39.3 Å². The Kier molecular flexibility index (Phi) is 3.68. The number of hydrogen-bond donors (Lipinski definition) is 3. The summed E-state index contributed by atoms with van der Waals surface area (Å²) in [6, 6.07) is 6.80. The Morgan fingerprint density at radius 3 is 2.58 bits per heavy atom. The minimum atomic E-state index is -1.25. The van der Waals surface area contributed by atoms with E-state index in [0.29, 0.717) is 12.1 Å². The normalized spacial score (nSPS) is 23.8. The number of ether oxygens (including phenoxy) is 1. The molecule has 0 amide bonds. The highest BCUT2D eigenvalue weighted by Gasteiger charge is 2.48. The van der Waals surface area contributed by atoms with Crippen LogP contribution < -0.4 is 5.32 Å². The first kappa shape index (κ1) is 16.5. The summed E-state index contributed by atoms with van der Waals surface area (Å²) in [6.45, 7) is 7.04. The number of aliphatic carboxylic acids is 1. The van der Waals surface area contributed by atoms with Gasteiger partial charge in [-0.1, -0.05) is 18.2 Å². The van der Waals surface area contributed by atoms with E-state index < -0.39 is 29.1 Å². The SMILES string of the molecule is CC(C)(C)OC(=O)[C@@]1(C)N[C@H](C(=O)O)Cc2c1[nH]c1ccccc21. The zero-order chi connectivity index (χ0) is 17.7. The van der Waals surface area contributed by atoms with Gasteiger partial charge in [0, 0.05) is 17.3 Å². The Balaban J connectivity index is 2.16. The number of H-pyrrole nitrogens is 1. The second-order valence-electron chi connectivity index (χ2n) is 7.39. The van der Waals surface area contributed by atoms with E-state index in [-0.39, 0.29) is 0 Å². The largest absolute Gasteiger partial charge is 0.480 e. The number of fused-ring (bicyclic) bond motifs is 3. The summed E-state index contributed by atoms with van der Waals surface area (Å²) >= 11 is 0. The Morgan fingerprint density at radius 1 is 1.29 bits per heavy atom. The molecule has 2 heterocycles. The van der Waals surface area contributed by atoms with Gasteiger partial charge >= 0.3 is 11.9 Å². The molecule has 0 saturated carbocycles. The standard InChI is InChI=1S/C18H22N2O4/c1-17(2,3)24-16(23)18(4)14-11(9-13(20-18)15(21)22)10-7-5-6-8-12(10)19-14/h5-8,13,19-20H,9H2,1-4H3,(H,21,22)/t13-,18-/m0/s1. The maximum Gasteiger partial charge on any atom is 0.332 e. The number of carbonyl (C=O) groups is 2. The molecule has 3 N–H and O–H groups in total. The van der Waals surface area contributed by atoms with Crippen LogP contribution in [0, 0.1) is 0 Å². The van der Waals surface area contributed by atoms with Crippen LogP contribution in [-0.4, -0.2) is 33.7 Å². The Morgan fingerprint density at radius 2 is 1.96 bits per heavy atom. The maximum absolute atomic E-state index is 12.8. The van der Waals surface area contributed by atoms with Crippen molar-refractivity contribution in [1.29, 1.82) is 0 Å². The second-order valence-corrected chi connectivity index (χ2v) is 7.39. The number of para-hydroxylation sites is 1. The molecule has 1 aromatic heterocycles. The van der Waals surface area contributed by atoms with Crippen molar-refractivity contribution in [1.82, 2.24) is 10.3 Å². The summed E-state index contributed by atoms with van der Waals surface area (Å²) in [5.74, 6) is -1.48. The molecular formula is C18H22N2O4. The van der Waals surface area contributed by atoms with Crippen LogP contribution in [0.3, 0.4) is 0 Å². The first-order valence-corrected chi connectivity index (χ1v) is 7.96. The molecule has 1 aliphatic heterocycles. The summed E-state index contributed by atoms with van der Waals surface area (Å²) in [5, 5.41) is 13.4. The van der Waals surface area contributed by atoms with E-state index in [4.69, 9.17) is 4.74 Å². The lowest BCUT2D eigenvalue weighted by molar-refractivity contribution is -0.164. The van der Waals surface area contributed by atoms with E-state index in [0.717, 1.165) is 16.5 Å². The molecule has 0 bridgehead atoms. The predicted molar refractivity (Wildman–Crippen MR) is 89.8 cm³/mol. The number of carboxylic acids is 1. The molecule has 2 aromatic rings. The van der Waals surface area contributed by atoms with Gasteiger partial charge in [0.15, 0.2) is 5.54 Å². The summed E-state index contributed by atoms with van der Waals surface area (Å²) in [6.07, 6.45) is 0.313. The smallest absolute Gasteiger partial charge is 0.332 e. The van der Waals surface area contributed by atoms with E-state index in [1.807, 2.05) is 24.3 Å². The van der Waals surface area contributed by atoms with Crippen LogP contribution in [-0.2, 0) is 26.3 Å². The molecule has 0 saturated heterocycles. The second kappa shape index (κ2) is 5.34. The van der Waals surface area contributed by atoms with Crippen LogP contribution in [0.15, 0.2) is 24.3 Å². The van der Waals surface area contributed by atoms with Crippen molar-refractivity contribution in [3.63, 3.8) is 0 Å². The quantitative estimate of drug-likeness (QED) is 0.735. The highest BCUT2D eigenvalue weighted by Crippen LogP contribution is 2.36. The lowest BCUT2D eigenvalue weighted by Gasteiger charge is -2.38. The zero-order valence-corrected chi connectivity index (χ0v) is 14.3. The number of nitrogens with one attached hydrogen (secondary N) is 2. The lowest BCUT2D eigenvalue weighted by Crippen LogP contribution is -2.59. The van der Waals surface area contributed by atoms with E-state index in [2.05, 4.69) is 10.3 Å². The molecule has 0 aliphatic carbocycles. The molecule has 0 spiro atoms. The van der Waals surface area contributed by atoms with E-state index in [1.165, 1.54) is 0 Å². The van der Waals surface area contributed by atoms with Gasteiger partial charge in [-0.15, -0.1) is 0 Å². The molecule has 6 heteroatoms. The van der Waals surface area contributed by atoms with Crippen LogP contribution in [0.2, 0.25) is 0 Å². The molecular weight excluding hydrogens is 308 g/mol. The number of carboxylic acid groups (broad SMARTS) is 1. The van der Waals surface area contributed by atoms with Gasteiger partial charge < -0.3 is 14.8 Å². The van der Waals surface area contributed by atoms with Crippen LogP contribution in [0.4, 0.5) is 0 Å². The topological polar surface area (TPSA) is 91.4 Å². The molecule has 3 rings (SSSR count). The number of rotatable bonds is 2. The molecule has 2 atom stereocenters. The molecule has 24 heavy (non-hydrogen) atoms. The van der Waals surface area contributed by atoms with Crippen molar-refractivity contribution >= 4 is 22.8 Å². The fraction of sp³-hybridized carbons (Fsp3) is 0.444. The van der Waals surface area contributed by atoms with E-state index >= 15 is 0 Å². The third-order valence-corrected chi connectivity index (χ3v) is 4.29. The van der Waals surface area contributed by atoms with Gasteiger partial charge in [-0.2, -0.15) is 0 Å². The van der Waals surface area contributed by atoms with Crippen LogP contribution in [0.1, 0.15) is 39.0 Å². The van der Waals surface area contributed by atoms with Gasteiger partial charge in [0.25, 0.3) is 0 Å². The highest BCUT2D eigenvalue weighted by atomic mass is 16.6. The minimum absolute atomic E-state index is 0.313. The van der Waals surface area contributed by atoms with Crippen molar-refractivity contribution in [2.45, 2.75) is 51.3 Å². The summed E-state index contributed by atoms with van der Waals surface area (Å²) in [4.78, 5) is 27.7. The highest BCUT2D eigenvalue weighted by molar-refractivity contribution is 5.92. The Bertz CT molecular complexity index is 818. The van der Waals surface area contributed by atoms with Crippen molar-refractivity contribution in [2.24, 2.45) is 0 Å². The fourth-order valence-corrected chi connectivity index (χ4v) is 3.20. The van der Waals surface area contributed by atoms with E-state index in [9.17, 15) is 14.7 Å². The number of esters is 1. The third kappa shape index (κ3) is 2.67. The first-order valence-electron chi connectivity index (χ1n) is 7.96. The van der Waals surface area contributed by atoms with Crippen molar-refractivity contribution in [3.05, 3.63) is 35.5 Å². The molecule has 0 unspecified atom stereocenters. The number of aromatic nitrogens is 1. The van der Waals surface area contributed by atoms with Gasteiger partial charge in [0.05, 0.1) is 5.69 Å². The predicted octanol–water partition coefficient (Wildman–Crippen LogP) is 2.32. The summed E-state index contributed by atoms with van der Waals surface area (Å²) in [5.41, 5.74) is 0.498. The van der Waals surface area contributed by atoms with Gasteiger partial charge in [0.2, 0.25) is 0 Å². The van der Waals surface area contributed by atoms with E-state index in [1.54, 1.807) is 27.7 Å². The molecule has 6 nitrogen and oxygen atoms in total. The fourth-order valence-electron chi connectivity index (χ4n) is 3.20. The Hall–Kier alpha value is -2.34. The van der Waals surface area contributed by atoms with Gasteiger partial charge in [0.1, 0.15) is 11.6 Å². The zero-order valence-electron chi connectivity index (χ0n) is 14.3. The third-order valence-electron chi connectivity index (χ3n) is 4.29. The number of benzene rings is 1. The summed E-state index contributed by atoms with van der Waals surface area (Å²) in [7, 11) is 0. The van der Waals surface area contributed by atoms with Crippen LogP contribution >= 0.6 is 0 Å². The number of carbonyl (C=O) groups excluding carboxylic acids is 1. The van der Waals surface area contributed by atoms with Gasteiger partial charge in [-0.25, -0.2) is 4.79 Å². The van der Waals surface area contributed by atoms with Crippen LogP contribution in [0.5, 0.6) is 0 Å². The average molecular weight is 330 g/mol. The van der Waals surface area contributed by atoms with Crippen LogP contribution in [0.25, 0.3) is 10.9 Å². The maximum atomic E-state index is 12.8. The van der Waals surface area contributed by atoms with Crippen molar-refractivity contribution < 1.29 is 19.4 Å². The van der Waals surface area contributed by atoms with Crippen molar-refractivity contribution in [3.8, 4) is 0 Å². The Labute approximate surface area is 140 Å². The molecule has 1 aliphatic rings. The van der Waals surface area contributed by atoms with Gasteiger partial charge in [-0.3, -0.25) is 10.1 Å². The summed E-state index contributed by atoms with van der Waals surface area (Å²) < 4.78 is 5.55. The number of aromatic amines is 1. The minimum Gasteiger partial charge on any atom is -0.480 e. The molecule has 0 fully saturated rings. The average Bonchev–Trinajstić information content (AvgIpc) is 2.85. The molecule has 128 valence electrons. The molecule has 1 aromatic carbocycles. The number of hydrogen-bond acceptors (Lipinski definition) is 4. The monoisotopic (exact) mass is 330 g/mol.